The van der Waals surface area contributed by atoms with E-state index in [0.717, 1.165) is 16.9 Å². The summed E-state index contributed by atoms with van der Waals surface area (Å²) in [5, 5.41) is 2.49. The van der Waals surface area contributed by atoms with Crippen molar-refractivity contribution in [1.82, 2.24) is 4.98 Å². The Hall–Kier alpha value is -1.03. The Morgan fingerprint density at radius 2 is 2.21 bits per heavy atom. The van der Waals surface area contributed by atoms with Crippen molar-refractivity contribution in [3.63, 3.8) is 0 Å². The Kier molecular flexibility index (Phi) is 3.52. The van der Waals surface area contributed by atoms with E-state index in [1.807, 2.05) is 19.9 Å². The first-order valence-corrected chi connectivity index (χ1v) is 4.95. The molecular weight excluding hydrogens is 196 g/mol. The van der Waals surface area contributed by atoms with Gasteiger partial charge in [0, 0.05) is 6.20 Å². The van der Waals surface area contributed by atoms with Crippen molar-refractivity contribution in [1.29, 1.82) is 0 Å². The van der Waals surface area contributed by atoms with Gasteiger partial charge in [-0.25, -0.2) is 0 Å². The molecule has 0 fully saturated rings. The van der Waals surface area contributed by atoms with Gasteiger partial charge in [0.15, 0.2) is 0 Å². The molecule has 0 bridgehead atoms. The fourth-order valence-corrected chi connectivity index (χ4v) is 1.18. The highest BCUT2D eigenvalue weighted by Crippen LogP contribution is 2.17. The van der Waals surface area contributed by atoms with Crippen molar-refractivity contribution >= 4 is 24.2 Å². The largest absolute Gasteiger partial charge is 0.323 e. The number of pyridine rings is 1. The maximum absolute atomic E-state index is 11.4. The molecule has 0 saturated carbocycles. The number of nitrogens with zero attached hydrogens (tertiary/aromatic N) is 1. The first-order chi connectivity index (χ1) is 6.52. The second-order valence-corrected chi connectivity index (χ2v) is 4.03. The molecule has 1 aromatic heterocycles. The van der Waals surface area contributed by atoms with Gasteiger partial charge in [-0.05, 0) is 32.4 Å². The van der Waals surface area contributed by atoms with E-state index in [9.17, 15) is 4.79 Å². The second-order valence-electron chi connectivity index (χ2n) is 3.25. The molecule has 0 radical (unpaired) electrons. The minimum Gasteiger partial charge on any atom is -0.323 e. The Morgan fingerprint density at radius 1 is 1.57 bits per heavy atom. The minimum atomic E-state index is -0.311. The lowest BCUT2D eigenvalue weighted by molar-refractivity contribution is -0.115. The van der Waals surface area contributed by atoms with Gasteiger partial charge in [-0.15, -0.1) is 0 Å². The summed E-state index contributed by atoms with van der Waals surface area (Å²) in [4.78, 5) is 15.5. The van der Waals surface area contributed by atoms with Gasteiger partial charge in [0.2, 0.25) is 5.91 Å². The number of thiol groups is 1. The van der Waals surface area contributed by atoms with E-state index in [1.165, 1.54) is 0 Å². The molecular formula is C10H14N2OS. The van der Waals surface area contributed by atoms with Crippen molar-refractivity contribution < 1.29 is 4.79 Å². The summed E-state index contributed by atoms with van der Waals surface area (Å²) >= 11 is 4.06. The Labute approximate surface area is 89.3 Å². The van der Waals surface area contributed by atoms with Gasteiger partial charge in [-0.2, -0.15) is 12.6 Å². The molecule has 0 spiro atoms. The number of aromatic nitrogens is 1. The summed E-state index contributed by atoms with van der Waals surface area (Å²) in [6.07, 6.45) is 1.73. The number of amides is 1. The normalized spacial score (nSPS) is 12.3. The molecule has 1 rings (SSSR count). The zero-order valence-corrected chi connectivity index (χ0v) is 9.43. The van der Waals surface area contributed by atoms with Crippen LogP contribution < -0.4 is 5.32 Å². The van der Waals surface area contributed by atoms with Gasteiger partial charge in [0.25, 0.3) is 0 Å². The van der Waals surface area contributed by atoms with E-state index in [1.54, 1.807) is 13.1 Å². The maximum Gasteiger partial charge on any atom is 0.236 e. The third kappa shape index (κ3) is 2.48. The van der Waals surface area contributed by atoms with Crippen molar-refractivity contribution in [2.45, 2.75) is 26.0 Å². The van der Waals surface area contributed by atoms with Crippen LogP contribution in [0.4, 0.5) is 5.69 Å². The Bertz CT molecular complexity index is 330. The van der Waals surface area contributed by atoms with Crippen LogP contribution in [0, 0.1) is 13.8 Å². The quantitative estimate of drug-likeness (QED) is 0.733. The number of rotatable bonds is 2. The van der Waals surface area contributed by atoms with Crippen LogP contribution in [0.1, 0.15) is 18.2 Å². The van der Waals surface area contributed by atoms with Gasteiger partial charge >= 0.3 is 0 Å². The van der Waals surface area contributed by atoms with Gasteiger partial charge in [0.05, 0.1) is 16.6 Å². The van der Waals surface area contributed by atoms with Crippen molar-refractivity contribution in [2.75, 3.05) is 5.32 Å². The fraction of sp³-hybridized carbons (Fsp3) is 0.400. The number of carbonyl (C=O) groups is 1. The first-order valence-electron chi connectivity index (χ1n) is 4.43. The lowest BCUT2D eigenvalue weighted by Gasteiger charge is -2.11. The average Bonchev–Trinajstić information content (AvgIpc) is 2.11. The number of carbonyl (C=O) groups excluding carboxylic acids is 1. The molecule has 1 N–H and O–H groups in total. The topological polar surface area (TPSA) is 42.0 Å². The summed E-state index contributed by atoms with van der Waals surface area (Å²) in [6, 6.07) is 1.87. The summed E-state index contributed by atoms with van der Waals surface area (Å²) in [7, 11) is 0. The molecule has 3 nitrogen and oxygen atoms in total. The molecule has 0 aliphatic heterocycles. The molecule has 14 heavy (non-hydrogen) atoms. The van der Waals surface area contributed by atoms with Crippen LogP contribution in [0.15, 0.2) is 12.3 Å². The van der Waals surface area contributed by atoms with E-state index in [-0.39, 0.29) is 11.2 Å². The highest BCUT2D eigenvalue weighted by Gasteiger charge is 2.11. The van der Waals surface area contributed by atoms with E-state index < -0.39 is 0 Å². The van der Waals surface area contributed by atoms with Crippen LogP contribution in [0.25, 0.3) is 0 Å². The van der Waals surface area contributed by atoms with Gasteiger partial charge in [-0.3, -0.25) is 9.78 Å². The van der Waals surface area contributed by atoms with Crippen molar-refractivity contribution in [3.8, 4) is 0 Å². The number of hydrogen-bond donors (Lipinski definition) is 2. The standard InChI is InChI=1S/C10H14N2OS/c1-6-4-5-11-7(2)9(6)12-10(13)8(3)14/h4-5,8,14H,1-3H3,(H,12,13). The molecule has 0 aromatic carbocycles. The predicted molar refractivity (Wildman–Crippen MR) is 60.8 cm³/mol. The minimum absolute atomic E-state index is 0.104. The monoisotopic (exact) mass is 210 g/mol. The third-order valence-corrected chi connectivity index (χ3v) is 2.21. The van der Waals surface area contributed by atoms with Gasteiger partial charge in [0.1, 0.15) is 0 Å². The fourth-order valence-electron chi connectivity index (χ4n) is 1.11. The molecule has 0 saturated heterocycles. The molecule has 0 aliphatic carbocycles. The van der Waals surface area contributed by atoms with Crippen molar-refractivity contribution in [3.05, 3.63) is 23.5 Å². The third-order valence-electron chi connectivity index (χ3n) is 1.98. The molecule has 1 unspecified atom stereocenters. The number of anilines is 1. The second kappa shape index (κ2) is 4.46. The zero-order valence-electron chi connectivity index (χ0n) is 8.53. The summed E-state index contributed by atoms with van der Waals surface area (Å²) in [5.41, 5.74) is 2.63. The highest BCUT2D eigenvalue weighted by molar-refractivity contribution is 7.81. The molecule has 1 heterocycles. The predicted octanol–water partition coefficient (Wildman–Crippen LogP) is 1.96. The smallest absolute Gasteiger partial charge is 0.236 e. The number of aryl methyl sites for hydroxylation is 2. The van der Waals surface area contributed by atoms with Crippen LogP contribution >= 0.6 is 12.6 Å². The van der Waals surface area contributed by atoms with Crippen LogP contribution in [-0.4, -0.2) is 16.1 Å². The van der Waals surface area contributed by atoms with Crippen LogP contribution in [-0.2, 0) is 4.79 Å². The molecule has 1 aromatic rings. The first kappa shape index (κ1) is 11.0. The Morgan fingerprint density at radius 3 is 2.71 bits per heavy atom. The van der Waals surface area contributed by atoms with Crippen LogP contribution in [0.2, 0.25) is 0 Å². The van der Waals surface area contributed by atoms with Gasteiger partial charge in [-0.1, -0.05) is 0 Å². The van der Waals surface area contributed by atoms with E-state index in [4.69, 9.17) is 0 Å². The van der Waals surface area contributed by atoms with E-state index in [0.29, 0.717) is 0 Å². The van der Waals surface area contributed by atoms with Crippen molar-refractivity contribution in [2.24, 2.45) is 0 Å². The van der Waals surface area contributed by atoms with Gasteiger partial charge < -0.3 is 5.32 Å². The van der Waals surface area contributed by atoms with Crippen LogP contribution in [0.3, 0.4) is 0 Å². The molecule has 4 heteroatoms. The maximum atomic E-state index is 11.4. The summed E-state index contributed by atoms with van der Waals surface area (Å²) < 4.78 is 0. The summed E-state index contributed by atoms with van der Waals surface area (Å²) in [6.45, 7) is 5.54. The SMILES string of the molecule is Cc1ccnc(C)c1NC(=O)C(C)S. The summed E-state index contributed by atoms with van der Waals surface area (Å²) in [5.74, 6) is -0.104. The van der Waals surface area contributed by atoms with Crippen LogP contribution in [0.5, 0.6) is 0 Å². The lowest BCUT2D eigenvalue weighted by atomic mass is 10.2. The Balaban J connectivity index is 2.91. The lowest BCUT2D eigenvalue weighted by Crippen LogP contribution is -2.21. The van der Waals surface area contributed by atoms with E-state index >= 15 is 0 Å². The molecule has 1 amide bonds. The molecule has 76 valence electrons. The average molecular weight is 210 g/mol. The van der Waals surface area contributed by atoms with E-state index in [2.05, 4.69) is 22.9 Å². The molecule has 1 atom stereocenters. The zero-order chi connectivity index (χ0) is 10.7. The highest BCUT2D eigenvalue weighted by atomic mass is 32.1. The number of nitrogens with one attached hydrogen (secondary N) is 1. The molecule has 0 aliphatic rings. The number of hydrogen-bond acceptors (Lipinski definition) is 3.